The summed E-state index contributed by atoms with van der Waals surface area (Å²) in [4.78, 5) is 37.4. The van der Waals surface area contributed by atoms with Gasteiger partial charge in [-0.3, -0.25) is 15.0 Å². The van der Waals surface area contributed by atoms with Gasteiger partial charge in [-0.2, -0.15) is 0 Å². The molecule has 0 radical (unpaired) electrons. The lowest BCUT2D eigenvalue weighted by Crippen LogP contribution is -2.40. The summed E-state index contributed by atoms with van der Waals surface area (Å²) < 4.78 is 6.85. The quantitative estimate of drug-likeness (QED) is 0.254. The summed E-state index contributed by atoms with van der Waals surface area (Å²) in [5.74, 6) is 0.535. The molecular formula is C28H22N4O3S2. The molecule has 0 aliphatic carbocycles. The van der Waals surface area contributed by atoms with Crippen molar-refractivity contribution in [3.8, 4) is 26.8 Å². The Morgan fingerprint density at radius 2 is 1.76 bits per heavy atom. The number of anilines is 2. The number of nitrogens with zero attached hydrogens (tertiary/aromatic N) is 3. The van der Waals surface area contributed by atoms with Gasteiger partial charge in [-0.05, 0) is 42.8 Å². The first kappa shape index (κ1) is 23.3. The molecule has 2 amide bonds. The second kappa shape index (κ2) is 9.42. The highest BCUT2D eigenvalue weighted by Gasteiger charge is 2.26. The van der Waals surface area contributed by atoms with Crippen LogP contribution in [0.4, 0.5) is 15.6 Å². The first-order valence-corrected chi connectivity index (χ1v) is 13.4. The van der Waals surface area contributed by atoms with Gasteiger partial charge in [0.15, 0.2) is 10.9 Å². The van der Waals surface area contributed by atoms with Gasteiger partial charge in [0.2, 0.25) is 0 Å². The lowest BCUT2D eigenvalue weighted by molar-refractivity contribution is 0.101. The standard InChI is InChI=1S/C28H22N4O3S2/c1-16-7-9-18(10-8-16)25-24(17(2)33)30-26(37-25)19-11-12-22-21(15-19)32(13-14-35-22)28(34)31-27-29-20-5-3-4-6-23(20)36-27/h3-12,15H,13-14H2,1-2H3,(H,29,31,34). The third kappa shape index (κ3) is 4.47. The van der Waals surface area contributed by atoms with E-state index in [1.807, 2.05) is 73.7 Å². The number of nitrogens with one attached hydrogen (secondary N) is 1. The van der Waals surface area contributed by atoms with Crippen LogP contribution in [0.15, 0.2) is 66.7 Å². The Morgan fingerprint density at radius 3 is 2.54 bits per heavy atom. The third-order valence-corrected chi connectivity index (χ3v) is 8.20. The van der Waals surface area contributed by atoms with E-state index in [-0.39, 0.29) is 11.8 Å². The number of rotatable bonds is 4. The number of amides is 2. The Morgan fingerprint density at radius 1 is 0.973 bits per heavy atom. The molecule has 9 heteroatoms. The van der Waals surface area contributed by atoms with Crippen molar-refractivity contribution in [2.24, 2.45) is 0 Å². The van der Waals surface area contributed by atoms with E-state index in [0.717, 1.165) is 31.8 Å². The molecule has 0 saturated carbocycles. The zero-order valence-electron chi connectivity index (χ0n) is 20.1. The Bertz CT molecular complexity index is 1620. The van der Waals surface area contributed by atoms with Gasteiger partial charge >= 0.3 is 6.03 Å². The topological polar surface area (TPSA) is 84.4 Å². The number of fused-ring (bicyclic) bond motifs is 2. The van der Waals surface area contributed by atoms with E-state index < -0.39 is 0 Å². The Hall–Kier alpha value is -4.08. The van der Waals surface area contributed by atoms with Crippen molar-refractivity contribution in [3.05, 3.63) is 78.0 Å². The molecule has 0 unspecified atom stereocenters. The van der Waals surface area contributed by atoms with E-state index in [4.69, 9.17) is 9.72 Å². The zero-order chi connectivity index (χ0) is 25.5. The predicted octanol–water partition coefficient (Wildman–Crippen LogP) is 7.03. The number of ketones is 1. The fourth-order valence-corrected chi connectivity index (χ4v) is 6.20. The number of carbonyl (C=O) groups is 2. The average Bonchev–Trinajstić information content (AvgIpc) is 3.53. The van der Waals surface area contributed by atoms with E-state index in [0.29, 0.717) is 40.4 Å². The highest BCUT2D eigenvalue weighted by atomic mass is 32.1. The van der Waals surface area contributed by atoms with Gasteiger partial charge in [0.05, 0.1) is 27.3 Å². The van der Waals surface area contributed by atoms with Gasteiger partial charge in [-0.15, -0.1) is 11.3 Å². The second-order valence-electron chi connectivity index (χ2n) is 8.72. The highest BCUT2D eigenvalue weighted by molar-refractivity contribution is 7.22. The summed E-state index contributed by atoms with van der Waals surface area (Å²) in [6.45, 7) is 4.36. The van der Waals surface area contributed by atoms with Gasteiger partial charge in [0.1, 0.15) is 23.1 Å². The van der Waals surface area contributed by atoms with Crippen molar-refractivity contribution in [1.82, 2.24) is 9.97 Å². The maximum atomic E-state index is 13.3. The molecule has 1 aliphatic rings. The highest BCUT2D eigenvalue weighted by Crippen LogP contribution is 2.40. The van der Waals surface area contributed by atoms with Crippen molar-refractivity contribution in [3.63, 3.8) is 0 Å². The van der Waals surface area contributed by atoms with Crippen LogP contribution in [0, 0.1) is 6.92 Å². The van der Waals surface area contributed by atoms with Crippen LogP contribution in [0.3, 0.4) is 0 Å². The summed E-state index contributed by atoms with van der Waals surface area (Å²) in [6, 6.07) is 21.2. The summed E-state index contributed by atoms with van der Waals surface area (Å²) in [7, 11) is 0. The van der Waals surface area contributed by atoms with Crippen LogP contribution in [-0.4, -0.2) is 34.9 Å². The molecule has 0 atom stereocenters. The SMILES string of the molecule is CC(=O)c1nc(-c2ccc3c(c2)N(C(=O)Nc2nc4ccccc4s2)CCO3)sc1-c1ccc(C)cc1. The van der Waals surface area contributed by atoms with E-state index in [2.05, 4.69) is 10.3 Å². The Balaban J connectivity index is 1.33. The van der Waals surface area contributed by atoms with E-state index in [1.54, 1.807) is 4.90 Å². The molecule has 5 aromatic rings. The Kier molecular flexibility index (Phi) is 5.94. The van der Waals surface area contributed by atoms with Gasteiger partial charge < -0.3 is 4.74 Å². The van der Waals surface area contributed by atoms with E-state index in [9.17, 15) is 9.59 Å². The van der Waals surface area contributed by atoms with Gasteiger partial charge in [-0.25, -0.2) is 14.8 Å². The van der Waals surface area contributed by atoms with Crippen LogP contribution in [0.5, 0.6) is 5.75 Å². The smallest absolute Gasteiger partial charge is 0.328 e. The molecule has 2 aromatic heterocycles. The number of aryl methyl sites for hydroxylation is 1. The molecule has 0 bridgehead atoms. The first-order valence-electron chi connectivity index (χ1n) is 11.8. The molecular weight excluding hydrogens is 504 g/mol. The average molecular weight is 527 g/mol. The van der Waals surface area contributed by atoms with Crippen LogP contribution >= 0.6 is 22.7 Å². The van der Waals surface area contributed by atoms with Crippen LogP contribution in [0.2, 0.25) is 0 Å². The number of urea groups is 1. The molecule has 3 aromatic carbocycles. The Labute approximate surface area is 221 Å². The van der Waals surface area contributed by atoms with Crippen LogP contribution in [0.25, 0.3) is 31.2 Å². The maximum Gasteiger partial charge on any atom is 0.328 e. The van der Waals surface area contributed by atoms with Crippen LogP contribution in [-0.2, 0) is 0 Å². The first-order chi connectivity index (χ1) is 18.0. The molecule has 0 saturated heterocycles. The minimum atomic E-state index is -0.273. The van der Waals surface area contributed by atoms with Crippen molar-refractivity contribution < 1.29 is 14.3 Å². The monoisotopic (exact) mass is 526 g/mol. The lowest BCUT2D eigenvalue weighted by Gasteiger charge is -2.29. The number of benzene rings is 3. The third-order valence-electron chi connectivity index (χ3n) is 6.10. The normalized spacial score (nSPS) is 12.8. The van der Waals surface area contributed by atoms with Gasteiger partial charge in [0, 0.05) is 12.5 Å². The number of thiazole rings is 2. The predicted molar refractivity (Wildman–Crippen MR) is 149 cm³/mol. The number of carbonyl (C=O) groups excluding carboxylic acids is 2. The number of hydrogen-bond acceptors (Lipinski definition) is 7. The molecule has 0 spiro atoms. The molecule has 6 rings (SSSR count). The van der Waals surface area contributed by atoms with Gasteiger partial charge in [-0.1, -0.05) is 53.3 Å². The second-order valence-corrected chi connectivity index (χ2v) is 10.7. The van der Waals surface area contributed by atoms with Crippen molar-refractivity contribution in [1.29, 1.82) is 0 Å². The van der Waals surface area contributed by atoms with Crippen LogP contribution in [0.1, 0.15) is 23.0 Å². The summed E-state index contributed by atoms with van der Waals surface area (Å²) in [5, 5.41) is 4.19. The van der Waals surface area contributed by atoms with Gasteiger partial charge in [0.25, 0.3) is 0 Å². The minimum Gasteiger partial charge on any atom is -0.490 e. The molecule has 1 N–H and O–H groups in total. The fraction of sp³-hybridized carbons (Fsp3) is 0.143. The van der Waals surface area contributed by atoms with Crippen molar-refractivity contribution in [2.45, 2.75) is 13.8 Å². The van der Waals surface area contributed by atoms with Crippen molar-refractivity contribution in [2.75, 3.05) is 23.4 Å². The number of hydrogen-bond donors (Lipinski definition) is 1. The molecule has 184 valence electrons. The lowest BCUT2D eigenvalue weighted by atomic mass is 10.1. The molecule has 1 aliphatic heterocycles. The van der Waals surface area contributed by atoms with Crippen molar-refractivity contribution >= 4 is 55.5 Å². The van der Waals surface area contributed by atoms with Crippen LogP contribution < -0.4 is 15.0 Å². The number of aromatic nitrogens is 2. The molecule has 3 heterocycles. The zero-order valence-corrected chi connectivity index (χ0v) is 21.8. The number of para-hydroxylation sites is 1. The fourth-order valence-electron chi connectivity index (χ4n) is 4.23. The number of Topliss-reactive ketones (excluding diaryl/α,β-unsaturated/α-hetero) is 1. The van der Waals surface area contributed by atoms with E-state index in [1.165, 1.54) is 29.6 Å². The summed E-state index contributed by atoms with van der Waals surface area (Å²) in [6.07, 6.45) is 0. The molecule has 37 heavy (non-hydrogen) atoms. The van der Waals surface area contributed by atoms with E-state index >= 15 is 0 Å². The summed E-state index contributed by atoms with van der Waals surface area (Å²) >= 11 is 2.90. The molecule has 7 nitrogen and oxygen atoms in total. The largest absolute Gasteiger partial charge is 0.490 e. The maximum absolute atomic E-state index is 13.3. The summed E-state index contributed by atoms with van der Waals surface area (Å²) in [5.41, 5.74) is 4.87. The number of ether oxygens (including phenoxy) is 1. The minimum absolute atomic E-state index is 0.0868. The molecule has 0 fully saturated rings.